The van der Waals surface area contributed by atoms with Crippen LogP contribution in [0.2, 0.25) is 0 Å². The van der Waals surface area contributed by atoms with E-state index in [4.69, 9.17) is 14.7 Å². The van der Waals surface area contributed by atoms with Gasteiger partial charge in [0.25, 0.3) is 5.91 Å². The van der Waals surface area contributed by atoms with Gasteiger partial charge in [-0.3, -0.25) is 4.79 Å². The van der Waals surface area contributed by atoms with E-state index in [9.17, 15) is 4.79 Å². The summed E-state index contributed by atoms with van der Waals surface area (Å²) < 4.78 is 11.3. The van der Waals surface area contributed by atoms with Crippen LogP contribution in [0, 0.1) is 18.3 Å². The summed E-state index contributed by atoms with van der Waals surface area (Å²) in [4.78, 5) is 13.9. The zero-order valence-corrected chi connectivity index (χ0v) is 14.7. The molecule has 25 heavy (non-hydrogen) atoms. The number of aryl methyl sites for hydroxylation is 1. The van der Waals surface area contributed by atoms with E-state index in [-0.39, 0.29) is 5.91 Å². The van der Waals surface area contributed by atoms with Crippen LogP contribution < -0.4 is 9.47 Å². The van der Waals surface area contributed by atoms with Gasteiger partial charge in [-0.1, -0.05) is 12.1 Å². The number of benzene rings is 2. The second kappa shape index (κ2) is 8.74. The van der Waals surface area contributed by atoms with Gasteiger partial charge in [-0.25, -0.2) is 0 Å². The number of likely N-dealkylation sites (N-methyl/N-ethyl adjacent to an activating group) is 1. The number of nitrogens with zero attached hydrogens (tertiary/aromatic N) is 2. The third-order valence-electron chi connectivity index (χ3n) is 3.71. The van der Waals surface area contributed by atoms with Gasteiger partial charge in [0.1, 0.15) is 18.1 Å². The van der Waals surface area contributed by atoms with Crippen molar-refractivity contribution in [1.29, 1.82) is 5.26 Å². The quantitative estimate of drug-likeness (QED) is 0.778. The molecule has 5 nitrogen and oxygen atoms in total. The van der Waals surface area contributed by atoms with Gasteiger partial charge in [0.05, 0.1) is 18.2 Å². The van der Waals surface area contributed by atoms with Crippen molar-refractivity contribution in [3.05, 3.63) is 59.7 Å². The number of rotatable bonds is 7. The Kier molecular flexibility index (Phi) is 6.41. The summed E-state index contributed by atoms with van der Waals surface area (Å²) in [6, 6.07) is 16.5. The molecule has 1 atom stereocenters. The summed E-state index contributed by atoms with van der Waals surface area (Å²) in [5.41, 5.74) is 1.68. The fourth-order valence-corrected chi connectivity index (χ4v) is 2.29. The Morgan fingerprint density at radius 1 is 1.20 bits per heavy atom. The highest BCUT2D eigenvalue weighted by Crippen LogP contribution is 2.15. The predicted octanol–water partition coefficient (Wildman–Crippen LogP) is 3.17. The highest BCUT2D eigenvalue weighted by atomic mass is 16.5. The molecule has 2 aromatic rings. The van der Waals surface area contributed by atoms with E-state index in [0.29, 0.717) is 24.5 Å². The smallest absolute Gasteiger partial charge is 0.263 e. The Labute approximate surface area is 148 Å². The van der Waals surface area contributed by atoms with Gasteiger partial charge in [0.2, 0.25) is 0 Å². The SMILES string of the molecule is Cc1cccc(OCCN(C)C(=O)C(C)Oc2ccc(C#N)cc2)c1. The summed E-state index contributed by atoms with van der Waals surface area (Å²) in [5, 5.41) is 8.79. The van der Waals surface area contributed by atoms with Crippen LogP contribution in [-0.4, -0.2) is 37.1 Å². The average Bonchev–Trinajstić information content (AvgIpc) is 2.61. The van der Waals surface area contributed by atoms with Crippen molar-refractivity contribution in [2.24, 2.45) is 0 Å². The van der Waals surface area contributed by atoms with Crippen molar-refractivity contribution in [2.75, 3.05) is 20.2 Å². The predicted molar refractivity (Wildman–Crippen MR) is 95.6 cm³/mol. The zero-order chi connectivity index (χ0) is 18.2. The van der Waals surface area contributed by atoms with Crippen LogP contribution in [-0.2, 0) is 4.79 Å². The fourth-order valence-electron chi connectivity index (χ4n) is 2.29. The first kappa shape index (κ1) is 18.3. The fraction of sp³-hybridized carbons (Fsp3) is 0.300. The molecule has 2 aromatic carbocycles. The van der Waals surface area contributed by atoms with Gasteiger partial charge < -0.3 is 14.4 Å². The second-order valence-electron chi connectivity index (χ2n) is 5.82. The van der Waals surface area contributed by atoms with Crippen LogP contribution >= 0.6 is 0 Å². The van der Waals surface area contributed by atoms with E-state index in [1.54, 1.807) is 43.1 Å². The van der Waals surface area contributed by atoms with E-state index in [1.807, 2.05) is 37.3 Å². The molecule has 0 saturated carbocycles. The highest BCUT2D eigenvalue weighted by molar-refractivity contribution is 5.80. The number of nitriles is 1. The molecule has 0 aliphatic rings. The van der Waals surface area contributed by atoms with Crippen LogP contribution in [0.3, 0.4) is 0 Å². The second-order valence-corrected chi connectivity index (χ2v) is 5.82. The normalized spacial score (nSPS) is 11.3. The highest BCUT2D eigenvalue weighted by Gasteiger charge is 2.19. The van der Waals surface area contributed by atoms with Crippen LogP contribution in [0.4, 0.5) is 0 Å². The van der Waals surface area contributed by atoms with Gasteiger partial charge in [0, 0.05) is 7.05 Å². The molecule has 0 saturated heterocycles. The van der Waals surface area contributed by atoms with Crippen LogP contribution in [0.1, 0.15) is 18.1 Å². The number of hydrogen-bond donors (Lipinski definition) is 0. The number of carbonyl (C=O) groups excluding carboxylic acids is 1. The lowest BCUT2D eigenvalue weighted by Crippen LogP contribution is -2.39. The third kappa shape index (κ3) is 5.54. The van der Waals surface area contributed by atoms with Crippen molar-refractivity contribution >= 4 is 5.91 Å². The Bertz CT molecular complexity index is 750. The van der Waals surface area contributed by atoms with Crippen molar-refractivity contribution in [3.8, 4) is 17.6 Å². The maximum atomic E-state index is 12.4. The summed E-state index contributed by atoms with van der Waals surface area (Å²) in [6.07, 6.45) is -0.614. The lowest BCUT2D eigenvalue weighted by Gasteiger charge is -2.22. The standard InChI is InChI=1S/C20H22N2O3/c1-15-5-4-6-19(13-15)24-12-11-22(3)20(23)16(2)25-18-9-7-17(14-21)8-10-18/h4-10,13,16H,11-12H2,1-3H3. The molecule has 5 heteroatoms. The lowest BCUT2D eigenvalue weighted by molar-refractivity contribution is -0.136. The first-order valence-corrected chi connectivity index (χ1v) is 8.11. The van der Waals surface area contributed by atoms with Gasteiger partial charge in [-0.05, 0) is 55.8 Å². The average molecular weight is 338 g/mol. The minimum absolute atomic E-state index is 0.128. The maximum Gasteiger partial charge on any atom is 0.263 e. The number of ether oxygens (including phenoxy) is 2. The molecule has 0 aliphatic carbocycles. The number of carbonyl (C=O) groups is 1. The minimum Gasteiger partial charge on any atom is -0.492 e. The van der Waals surface area contributed by atoms with Gasteiger partial charge in [-0.15, -0.1) is 0 Å². The molecule has 0 heterocycles. The van der Waals surface area contributed by atoms with Gasteiger partial charge >= 0.3 is 0 Å². The molecule has 0 fully saturated rings. The van der Waals surface area contributed by atoms with E-state index in [0.717, 1.165) is 11.3 Å². The van der Waals surface area contributed by atoms with Crippen molar-refractivity contribution in [2.45, 2.75) is 20.0 Å². The summed E-state index contributed by atoms with van der Waals surface area (Å²) in [7, 11) is 1.72. The molecule has 0 radical (unpaired) electrons. The van der Waals surface area contributed by atoms with E-state index >= 15 is 0 Å². The maximum absolute atomic E-state index is 12.4. The molecule has 2 rings (SSSR count). The lowest BCUT2D eigenvalue weighted by atomic mass is 10.2. The molecular formula is C20H22N2O3. The molecule has 0 aromatic heterocycles. The first-order valence-electron chi connectivity index (χ1n) is 8.11. The third-order valence-corrected chi connectivity index (χ3v) is 3.71. The first-order chi connectivity index (χ1) is 12.0. The molecule has 1 amide bonds. The van der Waals surface area contributed by atoms with Crippen LogP contribution in [0.5, 0.6) is 11.5 Å². The molecule has 0 N–H and O–H groups in total. The summed E-state index contributed by atoms with van der Waals surface area (Å²) in [5.74, 6) is 1.23. The Hall–Kier alpha value is -3.00. The minimum atomic E-state index is -0.614. The van der Waals surface area contributed by atoms with Gasteiger partial charge in [0.15, 0.2) is 6.10 Å². The topological polar surface area (TPSA) is 62.6 Å². The molecule has 130 valence electrons. The molecular weight excluding hydrogens is 316 g/mol. The Morgan fingerprint density at radius 3 is 2.56 bits per heavy atom. The number of amides is 1. The van der Waals surface area contributed by atoms with E-state index in [2.05, 4.69) is 0 Å². The Balaban J connectivity index is 1.80. The molecule has 0 bridgehead atoms. The van der Waals surface area contributed by atoms with Crippen molar-refractivity contribution in [1.82, 2.24) is 4.90 Å². The molecule has 0 spiro atoms. The Morgan fingerprint density at radius 2 is 1.92 bits per heavy atom. The summed E-state index contributed by atoms with van der Waals surface area (Å²) in [6.45, 7) is 4.59. The van der Waals surface area contributed by atoms with Gasteiger partial charge in [-0.2, -0.15) is 5.26 Å². The van der Waals surface area contributed by atoms with Crippen LogP contribution in [0.25, 0.3) is 0 Å². The monoisotopic (exact) mass is 338 g/mol. The molecule has 1 unspecified atom stereocenters. The zero-order valence-electron chi connectivity index (χ0n) is 14.7. The molecule has 0 aliphatic heterocycles. The largest absolute Gasteiger partial charge is 0.492 e. The van der Waals surface area contributed by atoms with Crippen molar-refractivity contribution in [3.63, 3.8) is 0 Å². The van der Waals surface area contributed by atoms with E-state index < -0.39 is 6.10 Å². The summed E-state index contributed by atoms with van der Waals surface area (Å²) >= 11 is 0. The van der Waals surface area contributed by atoms with Crippen molar-refractivity contribution < 1.29 is 14.3 Å². The van der Waals surface area contributed by atoms with Crippen LogP contribution in [0.15, 0.2) is 48.5 Å². The number of hydrogen-bond acceptors (Lipinski definition) is 4. The van der Waals surface area contributed by atoms with E-state index in [1.165, 1.54) is 0 Å².